The molecule has 1 aromatic rings. The summed E-state index contributed by atoms with van der Waals surface area (Å²) in [6.45, 7) is 4.49. The summed E-state index contributed by atoms with van der Waals surface area (Å²) in [5.74, 6) is 0. The molecule has 2 fully saturated rings. The van der Waals surface area contributed by atoms with E-state index in [2.05, 4.69) is 9.62 Å². The van der Waals surface area contributed by atoms with Crippen molar-refractivity contribution in [3.8, 4) is 0 Å². The lowest BCUT2D eigenvalue weighted by molar-refractivity contribution is 0.271. The minimum absolute atomic E-state index is 0.0139. The summed E-state index contributed by atoms with van der Waals surface area (Å²) in [5, 5.41) is 9.29. The van der Waals surface area contributed by atoms with E-state index in [1.807, 2.05) is 6.92 Å². The van der Waals surface area contributed by atoms with Gasteiger partial charge in [0.25, 0.3) is 0 Å². The van der Waals surface area contributed by atoms with Crippen LogP contribution in [0.15, 0.2) is 17.2 Å². The maximum Gasteiger partial charge on any atom is 0.242 e. The van der Waals surface area contributed by atoms with Gasteiger partial charge in [-0.05, 0) is 38.8 Å². The predicted octanol–water partition coefficient (Wildman–Crippen LogP) is 0.515. The molecule has 0 radical (unpaired) electrons. The van der Waals surface area contributed by atoms with E-state index >= 15 is 0 Å². The van der Waals surface area contributed by atoms with Crippen LogP contribution in [-0.4, -0.2) is 48.2 Å². The predicted molar refractivity (Wildman–Crippen MR) is 79.4 cm³/mol. The van der Waals surface area contributed by atoms with Crippen LogP contribution >= 0.6 is 0 Å². The van der Waals surface area contributed by atoms with E-state index in [9.17, 15) is 13.5 Å². The third-order valence-corrected chi connectivity index (χ3v) is 6.14. The highest BCUT2D eigenvalue weighted by Gasteiger charge is 2.39. The van der Waals surface area contributed by atoms with Crippen LogP contribution in [-0.2, 0) is 23.2 Å². The molecule has 0 amide bonds. The van der Waals surface area contributed by atoms with Gasteiger partial charge < -0.3 is 9.67 Å². The Bertz CT molecular complexity index is 589. The number of aliphatic hydroxyl groups is 1. The average Bonchev–Trinajstić information content (AvgIpc) is 3.14. The molecule has 7 heteroatoms. The van der Waals surface area contributed by atoms with Gasteiger partial charge in [-0.1, -0.05) is 0 Å². The Morgan fingerprint density at radius 2 is 2.19 bits per heavy atom. The molecule has 2 aliphatic rings. The monoisotopic (exact) mass is 313 g/mol. The Labute approximate surface area is 125 Å². The summed E-state index contributed by atoms with van der Waals surface area (Å²) in [4.78, 5) is 2.63. The van der Waals surface area contributed by atoms with Gasteiger partial charge in [0, 0.05) is 37.1 Å². The van der Waals surface area contributed by atoms with Crippen LogP contribution in [0.3, 0.4) is 0 Å². The Kier molecular flexibility index (Phi) is 4.09. The van der Waals surface area contributed by atoms with E-state index < -0.39 is 10.0 Å². The van der Waals surface area contributed by atoms with Crippen LogP contribution in [0, 0.1) is 0 Å². The summed E-state index contributed by atoms with van der Waals surface area (Å²) in [6.07, 6.45) is 4.72. The molecule has 2 saturated heterocycles. The van der Waals surface area contributed by atoms with Crippen LogP contribution < -0.4 is 4.72 Å². The SMILES string of the molecule is CCn1cc(S(=O)(=O)NC2CCN3CCCC23)cc1CO. The van der Waals surface area contributed by atoms with Crippen molar-refractivity contribution in [1.29, 1.82) is 0 Å². The van der Waals surface area contributed by atoms with Gasteiger partial charge in [-0.3, -0.25) is 4.90 Å². The first-order valence-corrected chi connectivity index (χ1v) is 9.09. The first kappa shape index (κ1) is 15.0. The molecule has 2 unspecified atom stereocenters. The third-order valence-electron chi connectivity index (χ3n) is 4.69. The number of nitrogens with one attached hydrogen (secondary N) is 1. The molecule has 2 aliphatic heterocycles. The van der Waals surface area contributed by atoms with Crippen LogP contribution in [0.1, 0.15) is 31.9 Å². The van der Waals surface area contributed by atoms with Crippen molar-refractivity contribution in [2.45, 2.75) is 56.3 Å². The second-order valence-electron chi connectivity index (χ2n) is 5.87. The second kappa shape index (κ2) is 5.72. The number of aryl methyl sites for hydroxylation is 1. The van der Waals surface area contributed by atoms with Crippen molar-refractivity contribution in [3.05, 3.63) is 18.0 Å². The zero-order valence-electron chi connectivity index (χ0n) is 12.3. The number of aliphatic hydroxyl groups excluding tert-OH is 1. The summed E-state index contributed by atoms with van der Waals surface area (Å²) >= 11 is 0. The largest absolute Gasteiger partial charge is 0.390 e. The molecule has 2 N–H and O–H groups in total. The normalized spacial score (nSPS) is 26.4. The van der Waals surface area contributed by atoms with Gasteiger partial charge in [0.15, 0.2) is 0 Å². The van der Waals surface area contributed by atoms with Crippen LogP contribution in [0.5, 0.6) is 0 Å². The number of hydrogen-bond acceptors (Lipinski definition) is 4. The van der Waals surface area contributed by atoms with Crippen LogP contribution in [0.25, 0.3) is 0 Å². The van der Waals surface area contributed by atoms with E-state index in [-0.39, 0.29) is 17.5 Å². The number of aromatic nitrogens is 1. The molecule has 0 spiro atoms. The smallest absolute Gasteiger partial charge is 0.242 e. The number of hydrogen-bond donors (Lipinski definition) is 2. The second-order valence-corrected chi connectivity index (χ2v) is 7.59. The topological polar surface area (TPSA) is 74.6 Å². The molecule has 21 heavy (non-hydrogen) atoms. The third kappa shape index (κ3) is 2.75. The fourth-order valence-corrected chi connectivity index (χ4v) is 4.95. The molecule has 2 atom stereocenters. The Hall–Kier alpha value is -0.890. The molecule has 3 heterocycles. The highest BCUT2D eigenvalue weighted by Crippen LogP contribution is 2.29. The summed E-state index contributed by atoms with van der Waals surface area (Å²) in [7, 11) is -3.51. The number of nitrogens with zero attached hydrogens (tertiary/aromatic N) is 2. The minimum Gasteiger partial charge on any atom is -0.390 e. The lowest BCUT2D eigenvalue weighted by atomic mass is 10.1. The molecule has 0 aromatic carbocycles. The standard InChI is InChI=1S/C14H23N3O3S/c1-2-16-9-12(8-11(16)10-18)21(19,20)15-13-5-7-17-6-3-4-14(13)17/h8-9,13-15,18H,2-7,10H2,1H3. The van der Waals surface area contributed by atoms with Crippen molar-refractivity contribution in [2.24, 2.45) is 0 Å². The Morgan fingerprint density at radius 1 is 1.38 bits per heavy atom. The van der Waals surface area contributed by atoms with Crippen LogP contribution in [0.4, 0.5) is 0 Å². The van der Waals surface area contributed by atoms with Gasteiger partial charge >= 0.3 is 0 Å². The van der Waals surface area contributed by atoms with Crippen molar-refractivity contribution in [1.82, 2.24) is 14.2 Å². The van der Waals surface area contributed by atoms with Gasteiger partial charge in [0.1, 0.15) is 0 Å². The van der Waals surface area contributed by atoms with Crippen molar-refractivity contribution >= 4 is 10.0 Å². The molecule has 0 aliphatic carbocycles. The Balaban J connectivity index is 1.79. The number of sulfonamides is 1. The highest BCUT2D eigenvalue weighted by atomic mass is 32.2. The maximum absolute atomic E-state index is 12.5. The number of rotatable bonds is 5. The van der Waals surface area contributed by atoms with Gasteiger partial charge in [-0.25, -0.2) is 13.1 Å². The molecule has 0 saturated carbocycles. The minimum atomic E-state index is -3.51. The fraction of sp³-hybridized carbons (Fsp3) is 0.714. The highest BCUT2D eigenvalue weighted by molar-refractivity contribution is 7.89. The van der Waals surface area contributed by atoms with Crippen molar-refractivity contribution in [3.63, 3.8) is 0 Å². The molecule has 0 bridgehead atoms. The zero-order valence-corrected chi connectivity index (χ0v) is 13.1. The lowest BCUT2D eigenvalue weighted by Crippen LogP contribution is -2.42. The molecule has 6 nitrogen and oxygen atoms in total. The molecular formula is C14H23N3O3S. The van der Waals surface area contributed by atoms with Gasteiger partial charge in [-0.2, -0.15) is 0 Å². The first-order valence-electron chi connectivity index (χ1n) is 7.61. The van der Waals surface area contributed by atoms with Gasteiger partial charge in [0.2, 0.25) is 10.0 Å². The van der Waals surface area contributed by atoms with E-state index in [4.69, 9.17) is 0 Å². The molecular weight excluding hydrogens is 290 g/mol. The molecule has 3 rings (SSSR count). The molecule has 1 aromatic heterocycles. The molecule has 118 valence electrons. The fourth-order valence-electron chi connectivity index (χ4n) is 3.59. The average molecular weight is 313 g/mol. The maximum atomic E-state index is 12.5. The van der Waals surface area contributed by atoms with Crippen molar-refractivity contribution in [2.75, 3.05) is 13.1 Å². The summed E-state index contributed by atoms with van der Waals surface area (Å²) in [6, 6.07) is 1.93. The number of fused-ring (bicyclic) bond motifs is 1. The zero-order chi connectivity index (χ0) is 15.0. The quantitative estimate of drug-likeness (QED) is 0.831. The van der Waals surface area contributed by atoms with Crippen molar-refractivity contribution < 1.29 is 13.5 Å². The van der Waals surface area contributed by atoms with Gasteiger partial charge in [-0.15, -0.1) is 0 Å². The van der Waals surface area contributed by atoms with Crippen LogP contribution in [0.2, 0.25) is 0 Å². The van der Waals surface area contributed by atoms with E-state index in [1.165, 1.54) is 0 Å². The lowest BCUT2D eigenvalue weighted by Gasteiger charge is -2.20. The summed E-state index contributed by atoms with van der Waals surface area (Å²) < 4.78 is 29.7. The summed E-state index contributed by atoms with van der Waals surface area (Å²) in [5.41, 5.74) is 0.631. The van der Waals surface area contributed by atoms with E-state index in [0.29, 0.717) is 18.3 Å². The van der Waals surface area contributed by atoms with Gasteiger partial charge in [0.05, 0.1) is 11.5 Å². The van der Waals surface area contributed by atoms with E-state index in [0.717, 1.165) is 32.4 Å². The Morgan fingerprint density at radius 3 is 2.86 bits per heavy atom. The first-order chi connectivity index (χ1) is 10.0. The van der Waals surface area contributed by atoms with E-state index in [1.54, 1.807) is 16.8 Å².